The second-order valence-corrected chi connectivity index (χ2v) is 6.51. The lowest BCUT2D eigenvalue weighted by Crippen LogP contribution is -2.45. The largest absolute Gasteiger partial charge is 0.314 e. The molecule has 0 aromatic heterocycles. The third-order valence-electron chi connectivity index (χ3n) is 5.12. The average molecular weight is 359 g/mol. The van der Waals surface area contributed by atoms with Crippen molar-refractivity contribution in [3.05, 3.63) is 60.2 Å². The number of nitrogens with one attached hydrogen (secondary N) is 1. The first-order chi connectivity index (χ1) is 11.9. The Kier molecular flexibility index (Phi) is 5.89. The van der Waals surface area contributed by atoms with Crippen molar-refractivity contribution < 1.29 is 4.39 Å². The zero-order valence-corrected chi connectivity index (χ0v) is 15.1. The van der Waals surface area contributed by atoms with E-state index >= 15 is 0 Å². The molecule has 0 amide bonds. The Balaban J connectivity index is 0.00000182. The lowest BCUT2D eigenvalue weighted by molar-refractivity contribution is 0.159. The molecule has 1 saturated heterocycles. The summed E-state index contributed by atoms with van der Waals surface area (Å²) >= 11 is 0. The standard InChI is InChI=1S/C21H23FN2.ClH/c22-10-9-20(24-13-11-23-12-14-24)21-18-7-3-1-5-16(18)15-17-6-2-4-8-19(17)21;/h1-8,15,20,23H,9-14H2;1H/t20-;/m1./s1. The fraction of sp³-hybridized carbons (Fsp3) is 0.333. The van der Waals surface area contributed by atoms with Crippen LogP contribution in [0.3, 0.4) is 0 Å². The Bertz CT molecular complexity index is 792. The molecule has 0 saturated carbocycles. The lowest BCUT2D eigenvalue weighted by Gasteiger charge is -2.36. The smallest absolute Gasteiger partial charge is 0.0912 e. The third kappa shape index (κ3) is 3.50. The van der Waals surface area contributed by atoms with Crippen molar-refractivity contribution in [1.82, 2.24) is 10.2 Å². The third-order valence-corrected chi connectivity index (χ3v) is 5.12. The summed E-state index contributed by atoms with van der Waals surface area (Å²) in [6.07, 6.45) is 0.554. The van der Waals surface area contributed by atoms with Crippen molar-refractivity contribution in [1.29, 1.82) is 0 Å². The zero-order valence-electron chi connectivity index (χ0n) is 14.2. The first-order valence-electron chi connectivity index (χ1n) is 8.79. The van der Waals surface area contributed by atoms with Crippen LogP contribution in [-0.4, -0.2) is 37.8 Å². The van der Waals surface area contributed by atoms with Gasteiger partial charge < -0.3 is 5.32 Å². The summed E-state index contributed by atoms with van der Waals surface area (Å²) in [6.45, 7) is 3.62. The average Bonchev–Trinajstić information content (AvgIpc) is 2.65. The molecule has 0 aliphatic carbocycles. The topological polar surface area (TPSA) is 15.3 Å². The highest BCUT2D eigenvalue weighted by Crippen LogP contribution is 2.37. The summed E-state index contributed by atoms with van der Waals surface area (Å²) in [7, 11) is 0. The van der Waals surface area contributed by atoms with E-state index in [2.05, 4.69) is 64.8 Å². The van der Waals surface area contributed by atoms with Gasteiger partial charge in [-0.3, -0.25) is 9.29 Å². The van der Waals surface area contributed by atoms with E-state index in [1.54, 1.807) is 0 Å². The zero-order chi connectivity index (χ0) is 16.4. The number of hydrogen-bond acceptors (Lipinski definition) is 2. The number of piperazine rings is 1. The monoisotopic (exact) mass is 358 g/mol. The van der Waals surface area contributed by atoms with E-state index in [0.29, 0.717) is 6.42 Å². The van der Waals surface area contributed by atoms with E-state index < -0.39 is 0 Å². The molecular weight excluding hydrogens is 335 g/mol. The first kappa shape index (κ1) is 18.1. The molecule has 25 heavy (non-hydrogen) atoms. The van der Waals surface area contributed by atoms with Gasteiger partial charge in [0.1, 0.15) is 0 Å². The molecule has 2 nitrogen and oxygen atoms in total. The Hall–Kier alpha value is -1.68. The molecule has 132 valence electrons. The van der Waals surface area contributed by atoms with E-state index in [1.165, 1.54) is 27.1 Å². The molecule has 0 unspecified atom stereocenters. The maximum Gasteiger partial charge on any atom is 0.0912 e. The van der Waals surface area contributed by atoms with Crippen molar-refractivity contribution in [3.8, 4) is 0 Å². The Morgan fingerprint density at radius 2 is 1.48 bits per heavy atom. The number of benzene rings is 3. The molecule has 0 bridgehead atoms. The molecule has 4 rings (SSSR count). The molecule has 0 radical (unpaired) electrons. The van der Waals surface area contributed by atoms with Gasteiger partial charge in [0.05, 0.1) is 6.67 Å². The molecule has 0 spiro atoms. The van der Waals surface area contributed by atoms with Crippen LogP contribution in [0.4, 0.5) is 4.39 Å². The minimum absolute atomic E-state index is 0. The van der Waals surface area contributed by atoms with E-state index in [4.69, 9.17) is 0 Å². The van der Waals surface area contributed by atoms with Gasteiger partial charge in [-0.1, -0.05) is 48.5 Å². The lowest BCUT2D eigenvalue weighted by atomic mass is 9.90. The predicted molar refractivity (Wildman–Crippen MR) is 106 cm³/mol. The summed E-state index contributed by atoms with van der Waals surface area (Å²) in [5.74, 6) is 0. The molecule has 3 aromatic rings. The number of fused-ring (bicyclic) bond motifs is 2. The van der Waals surface area contributed by atoms with Gasteiger partial charge in [-0.05, 0) is 39.6 Å². The van der Waals surface area contributed by atoms with Gasteiger partial charge in [0.2, 0.25) is 0 Å². The second kappa shape index (κ2) is 8.13. The summed E-state index contributed by atoms with van der Waals surface area (Å²) in [4.78, 5) is 2.45. The van der Waals surface area contributed by atoms with Crippen LogP contribution in [0.1, 0.15) is 18.0 Å². The molecule has 3 aromatic carbocycles. The van der Waals surface area contributed by atoms with Gasteiger partial charge in [-0.15, -0.1) is 12.4 Å². The van der Waals surface area contributed by atoms with Crippen LogP contribution in [0.15, 0.2) is 54.6 Å². The van der Waals surface area contributed by atoms with Gasteiger partial charge in [-0.2, -0.15) is 0 Å². The van der Waals surface area contributed by atoms with E-state index in [0.717, 1.165) is 26.2 Å². The van der Waals surface area contributed by atoms with Crippen LogP contribution >= 0.6 is 12.4 Å². The Morgan fingerprint density at radius 1 is 0.920 bits per heavy atom. The summed E-state index contributed by atoms with van der Waals surface area (Å²) < 4.78 is 13.4. The van der Waals surface area contributed by atoms with Crippen LogP contribution in [0.2, 0.25) is 0 Å². The highest BCUT2D eigenvalue weighted by atomic mass is 35.5. The number of rotatable bonds is 4. The van der Waals surface area contributed by atoms with Gasteiger partial charge in [0, 0.05) is 32.2 Å². The van der Waals surface area contributed by atoms with E-state index in [-0.39, 0.29) is 25.1 Å². The number of hydrogen-bond donors (Lipinski definition) is 1. The van der Waals surface area contributed by atoms with Gasteiger partial charge in [0.25, 0.3) is 0 Å². The maximum absolute atomic E-state index is 13.4. The van der Waals surface area contributed by atoms with Crippen LogP contribution < -0.4 is 5.32 Å². The first-order valence-corrected chi connectivity index (χ1v) is 8.79. The Labute approximate surface area is 154 Å². The van der Waals surface area contributed by atoms with E-state index in [9.17, 15) is 4.39 Å². The highest BCUT2D eigenvalue weighted by molar-refractivity contribution is 6.02. The van der Waals surface area contributed by atoms with Crippen LogP contribution in [0.5, 0.6) is 0 Å². The molecule has 1 atom stereocenters. The maximum atomic E-state index is 13.4. The molecule has 1 N–H and O–H groups in total. The summed E-state index contributed by atoms with van der Waals surface area (Å²) in [6, 6.07) is 19.4. The quantitative estimate of drug-likeness (QED) is 0.679. The molecule has 1 fully saturated rings. The second-order valence-electron chi connectivity index (χ2n) is 6.51. The van der Waals surface area contributed by atoms with Crippen molar-refractivity contribution in [2.45, 2.75) is 12.5 Å². The van der Waals surface area contributed by atoms with Crippen molar-refractivity contribution in [2.24, 2.45) is 0 Å². The van der Waals surface area contributed by atoms with Gasteiger partial charge in [0.15, 0.2) is 0 Å². The van der Waals surface area contributed by atoms with Crippen molar-refractivity contribution >= 4 is 34.0 Å². The Morgan fingerprint density at radius 3 is 2.04 bits per heavy atom. The fourth-order valence-electron chi connectivity index (χ4n) is 4.01. The van der Waals surface area contributed by atoms with Gasteiger partial charge >= 0.3 is 0 Å². The predicted octanol–water partition coefficient (Wildman–Crippen LogP) is 4.72. The van der Waals surface area contributed by atoms with E-state index in [1.807, 2.05) is 0 Å². The van der Waals surface area contributed by atoms with Gasteiger partial charge in [-0.25, -0.2) is 0 Å². The minimum atomic E-state index is -0.286. The fourth-order valence-corrected chi connectivity index (χ4v) is 4.01. The molecule has 1 aliphatic heterocycles. The molecule has 1 heterocycles. The molecular formula is C21H24ClFN2. The number of alkyl halides is 1. The molecule has 1 aliphatic rings. The van der Waals surface area contributed by atoms with Crippen LogP contribution in [0.25, 0.3) is 21.5 Å². The SMILES string of the molecule is Cl.FCC[C@H](c1c2ccccc2cc2ccccc12)N1CCNCC1. The highest BCUT2D eigenvalue weighted by Gasteiger charge is 2.25. The molecule has 4 heteroatoms. The summed E-state index contributed by atoms with van der Waals surface area (Å²) in [5, 5.41) is 8.40. The number of nitrogens with zero attached hydrogens (tertiary/aromatic N) is 1. The van der Waals surface area contributed by atoms with Crippen molar-refractivity contribution in [2.75, 3.05) is 32.9 Å². The minimum Gasteiger partial charge on any atom is -0.314 e. The van der Waals surface area contributed by atoms with Crippen molar-refractivity contribution in [3.63, 3.8) is 0 Å². The normalized spacial score (nSPS) is 16.7. The van der Waals surface area contributed by atoms with Crippen LogP contribution in [-0.2, 0) is 0 Å². The number of halogens is 2. The summed E-state index contributed by atoms with van der Waals surface area (Å²) in [5.41, 5.74) is 1.29. The van der Waals surface area contributed by atoms with Crippen LogP contribution in [0, 0.1) is 0 Å².